The SMILES string of the molecule is CC1(COC2=C(N3CCNCC3)C[NH+](c3cccc(Cl)c3)C2=O)CC1. The number of nitrogens with zero attached hydrogens (tertiary/aromatic N) is 1. The van der Waals surface area contributed by atoms with Gasteiger partial charge in [0.25, 0.3) is 5.76 Å². The van der Waals surface area contributed by atoms with E-state index in [-0.39, 0.29) is 11.3 Å². The first-order valence-corrected chi connectivity index (χ1v) is 9.42. The number of nitrogens with one attached hydrogen (secondary N) is 2. The van der Waals surface area contributed by atoms with Gasteiger partial charge in [0.05, 0.1) is 6.61 Å². The monoisotopic (exact) mass is 362 g/mol. The first-order valence-electron chi connectivity index (χ1n) is 9.04. The average molecular weight is 363 g/mol. The summed E-state index contributed by atoms with van der Waals surface area (Å²) < 4.78 is 6.10. The summed E-state index contributed by atoms with van der Waals surface area (Å²) in [5, 5.41) is 4.02. The van der Waals surface area contributed by atoms with E-state index in [1.807, 2.05) is 24.3 Å². The fourth-order valence-corrected chi connectivity index (χ4v) is 3.64. The number of hydrogen-bond donors (Lipinski definition) is 2. The van der Waals surface area contributed by atoms with Gasteiger partial charge >= 0.3 is 5.91 Å². The molecule has 2 aliphatic heterocycles. The molecule has 2 heterocycles. The lowest BCUT2D eigenvalue weighted by atomic mass is 10.2. The first-order chi connectivity index (χ1) is 12.1. The maximum atomic E-state index is 13.1. The molecule has 1 aromatic rings. The van der Waals surface area contributed by atoms with Crippen molar-refractivity contribution in [1.29, 1.82) is 0 Å². The second-order valence-corrected chi connectivity index (χ2v) is 8.04. The smallest absolute Gasteiger partial charge is 0.386 e. The minimum absolute atomic E-state index is 0.0278. The molecule has 4 rings (SSSR count). The van der Waals surface area contributed by atoms with Gasteiger partial charge in [-0.05, 0) is 25.0 Å². The van der Waals surface area contributed by atoms with Crippen LogP contribution < -0.4 is 10.2 Å². The maximum Gasteiger partial charge on any atom is 0.386 e. The highest BCUT2D eigenvalue weighted by Crippen LogP contribution is 2.45. The molecule has 1 saturated carbocycles. The number of rotatable bonds is 5. The Morgan fingerprint density at radius 1 is 1.32 bits per heavy atom. The van der Waals surface area contributed by atoms with Crippen LogP contribution in [0.2, 0.25) is 5.02 Å². The van der Waals surface area contributed by atoms with Gasteiger partial charge in [-0.2, -0.15) is 0 Å². The summed E-state index contributed by atoms with van der Waals surface area (Å²) in [7, 11) is 0. The number of carbonyl (C=O) groups is 1. The molecule has 25 heavy (non-hydrogen) atoms. The van der Waals surface area contributed by atoms with Crippen molar-refractivity contribution in [1.82, 2.24) is 10.2 Å². The van der Waals surface area contributed by atoms with E-state index in [9.17, 15) is 4.79 Å². The van der Waals surface area contributed by atoms with E-state index in [4.69, 9.17) is 16.3 Å². The van der Waals surface area contributed by atoms with E-state index in [1.54, 1.807) is 0 Å². The Kier molecular flexibility index (Phi) is 4.48. The topological polar surface area (TPSA) is 46.0 Å². The summed E-state index contributed by atoms with van der Waals surface area (Å²) in [6.45, 7) is 7.19. The number of carbonyl (C=O) groups excluding carboxylic acids is 1. The first kappa shape index (κ1) is 16.9. The summed E-state index contributed by atoms with van der Waals surface area (Å²) in [6.07, 6.45) is 2.37. The highest BCUT2D eigenvalue weighted by atomic mass is 35.5. The lowest BCUT2D eigenvalue weighted by Crippen LogP contribution is -3.08. The van der Waals surface area contributed by atoms with Crippen LogP contribution in [-0.4, -0.2) is 50.1 Å². The fraction of sp³-hybridized carbons (Fsp3) is 0.526. The van der Waals surface area contributed by atoms with Crippen molar-refractivity contribution in [2.45, 2.75) is 19.8 Å². The van der Waals surface area contributed by atoms with Gasteiger partial charge in [0, 0.05) is 42.7 Å². The standard InChI is InChI=1S/C19H24ClN3O2/c1-19(5-6-19)13-25-17-16(22-9-7-21-8-10-22)12-23(18(17)24)15-4-2-3-14(20)11-15/h2-4,11,21H,5-10,12-13H2,1H3/p+1. The van der Waals surface area contributed by atoms with Gasteiger partial charge in [0.1, 0.15) is 17.9 Å². The summed E-state index contributed by atoms with van der Waals surface area (Å²) >= 11 is 6.13. The predicted octanol–water partition coefficient (Wildman–Crippen LogP) is 1.33. The zero-order valence-corrected chi connectivity index (χ0v) is 15.4. The van der Waals surface area contributed by atoms with Crippen molar-refractivity contribution in [2.24, 2.45) is 5.41 Å². The molecule has 0 aromatic heterocycles. The van der Waals surface area contributed by atoms with Crippen LogP contribution in [0, 0.1) is 5.41 Å². The van der Waals surface area contributed by atoms with Crippen molar-refractivity contribution < 1.29 is 14.4 Å². The lowest BCUT2D eigenvalue weighted by Gasteiger charge is -2.29. The van der Waals surface area contributed by atoms with Crippen molar-refractivity contribution in [3.63, 3.8) is 0 Å². The third-order valence-corrected chi connectivity index (χ3v) is 5.66. The maximum absolute atomic E-state index is 13.1. The van der Waals surface area contributed by atoms with Crippen LogP contribution in [0.15, 0.2) is 35.7 Å². The molecule has 1 atom stereocenters. The van der Waals surface area contributed by atoms with E-state index >= 15 is 0 Å². The Balaban J connectivity index is 1.59. The summed E-state index contributed by atoms with van der Waals surface area (Å²) in [4.78, 5) is 16.2. The van der Waals surface area contributed by atoms with Crippen molar-refractivity contribution >= 4 is 23.2 Å². The highest BCUT2D eigenvalue weighted by Gasteiger charge is 2.44. The minimum Gasteiger partial charge on any atom is -0.483 e. The third-order valence-electron chi connectivity index (χ3n) is 5.43. The molecule has 0 bridgehead atoms. The number of benzene rings is 1. The van der Waals surface area contributed by atoms with E-state index in [0.29, 0.717) is 23.9 Å². The summed E-state index contributed by atoms with van der Waals surface area (Å²) in [5.41, 5.74) is 2.20. The van der Waals surface area contributed by atoms with E-state index in [0.717, 1.165) is 42.5 Å². The Morgan fingerprint density at radius 3 is 2.76 bits per heavy atom. The zero-order chi connectivity index (χ0) is 17.4. The summed E-state index contributed by atoms with van der Waals surface area (Å²) in [6, 6.07) is 7.56. The van der Waals surface area contributed by atoms with Crippen LogP contribution in [0.1, 0.15) is 19.8 Å². The van der Waals surface area contributed by atoms with Gasteiger partial charge in [-0.3, -0.25) is 0 Å². The number of ether oxygens (including phenoxy) is 1. The van der Waals surface area contributed by atoms with Gasteiger partial charge in [0.2, 0.25) is 0 Å². The third kappa shape index (κ3) is 3.54. The molecule has 6 heteroatoms. The van der Waals surface area contributed by atoms with Crippen molar-refractivity contribution in [3.05, 3.63) is 40.7 Å². The number of hydrogen-bond acceptors (Lipinski definition) is 4. The van der Waals surface area contributed by atoms with Gasteiger partial charge < -0.3 is 15.0 Å². The number of quaternary nitrogens is 1. The summed E-state index contributed by atoms with van der Waals surface area (Å²) in [5.74, 6) is 0.588. The number of amides is 1. The van der Waals surface area contributed by atoms with E-state index in [1.165, 1.54) is 12.8 Å². The average Bonchev–Trinajstić information content (AvgIpc) is 3.26. The molecule has 2 N–H and O–H groups in total. The molecule has 1 unspecified atom stereocenters. The molecule has 3 aliphatic rings. The lowest BCUT2D eigenvalue weighted by molar-refractivity contribution is -0.737. The molecule has 1 aliphatic carbocycles. The van der Waals surface area contributed by atoms with Crippen LogP contribution in [0.5, 0.6) is 0 Å². The van der Waals surface area contributed by atoms with Gasteiger partial charge in [-0.15, -0.1) is 0 Å². The van der Waals surface area contributed by atoms with Crippen LogP contribution in [-0.2, 0) is 9.53 Å². The minimum atomic E-state index is 0.0278. The van der Waals surface area contributed by atoms with Crippen LogP contribution in [0.3, 0.4) is 0 Å². The molecule has 0 radical (unpaired) electrons. The largest absolute Gasteiger partial charge is 0.483 e. The van der Waals surface area contributed by atoms with Gasteiger partial charge in [-0.1, -0.05) is 24.6 Å². The van der Waals surface area contributed by atoms with Crippen molar-refractivity contribution in [3.8, 4) is 0 Å². The molecular weight excluding hydrogens is 338 g/mol. The predicted molar refractivity (Wildman–Crippen MR) is 96.7 cm³/mol. The second kappa shape index (κ2) is 6.63. The van der Waals surface area contributed by atoms with Crippen LogP contribution in [0.4, 0.5) is 5.69 Å². The van der Waals surface area contributed by atoms with Crippen molar-refractivity contribution in [2.75, 3.05) is 39.3 Å². The Morgan fingerprint density at radius 2 is 2.08 bits per heavy atom. The molecule has 1 saturated heterocycles. The second-order valence-electron chi connectivity index (χ2n) is 7.61. The molecule has 2 fully saturated rings. The quantitative estimate of drug-likeness (QED) is 0.829. The molecule has 1 aromatic carbocycles. The molecular formula is C19H25ClN3O2+. The van der Waals surface area contributed by atoms with Crippen LogP contribution in [0.25, 0.3) is 0 Å². The number of halogens is 1. The Hall–Kier alpha value is -1.56. The fourth-order valence-electron chi connectivity index (χ4n) is 3.45. The molecule has 0 spiro atoms. The van der Waals surface area contributed by atoms with E-state index in [2.05, 4.69) is 17.1 Å². The highest BCUT2D eigenvalue weighted by molar-refractivity contribution is 6.30. The van der Waals surface area contributed by atoms with Gasteiger partial charge in [-0.25, -0.2) is 9.69 Å². The molecule has 134 valence electrons. The number of piperazine rings is 1. The zero-order valence-electron chi connectivity index (χ0n) is 14.6. The molecule has 1 amide bonds. The Labute approximate surface area is 153 Å². The van der Waals surface area contributed by atoms with Crippen LogP contribution >= 0.6 is 11.6 Å². The van der Waals surface area contributed by atoms with E-state index < -0.39 is 0 Å². The molecule has 5 nitrogen and oxygen atoms in total. The van der Waals surface area contributed by atoms with Gasteiger partial charge in [0.15, 0.2) is 0 Å². The Bertz CT molecular complexity index is 708. The normalized spacial score (nSPS) is 25.4.